The number of hydrogen-bond acceptors (Lipinski definition) is 6. The lowest BCUT2D eigenvalue weighted by Gasteiger charge is -2.31. The number of nitrogens with zero attached hydrogens (tertiary/aromatic N) is 3. The molecule has 172 valence electrons. The van der Waals surface area contributed by atoms with Gasteiger partial charge in [-0.3, -0.25) is 9.78 Å². The van der Waals surface area contributed by atoms with Crippen LogP contribution in [0.2, 0.25) is 0 Å². The number of carbonyl (C=O) groups excluding carboxylic acids is 1. The van der Waals surface area contributed by atoms with E-state index in [0.717, 1.165) is 44.6 Å². The Morgan fingerprint density at radius 2 is 1.79 bits per heavy atom. The maximum atomic E-state index is 12.1. The van der Waals surface area contributed by atoms with Crippen LogP contribution in [0.4, 0.5) is 0 Å². The number of carbonyl (C=O) groups is 1. The van der Waals surface area contributed by atoms with Crippen LogP contribution in [-0.2, 0) is 17.9 Å². The van der Waals surface area contributed by atoms with Crippen molar-refractivity contribution in [2.24, 2.45) is 0 Å². The van der Waals surface area contributed by atoms with Crippen molar-refractivity contribution in [2.45, 2.75) is 32.1 Å². The molecular formula is C26H30N4O3. The third-order valence-corrected chi connectivity index (χ3v) is 5.68. The number of ether oxygens (including phenoxy) is 2. The van der Waals surface area contributed by atoms with Crippen LogP contribution in [0.15, 0.2) is 73.2 Å². The fourth-order valence-electron chi connectivity index (χ4n) is 3.75. The summed E-state index contributed by atoms with van der Waals surface area (Å²) in [4.78, 5) is 22.9. The molecule has 33 heavy (non-hydrogen) atoms. The standard InChI is InChI=1S/C26H30N4O3/c31-26(23-8-12-27-13-9-23)29-19-22-6-7-25(28-18-22)33-24-10-14-30(15-11-24)16-17-32-20-21-4-2-1-3-5-21/h1-9,12-13,18,24H,10-11,14-17,19-20H2,(H,29,31). The van der Waals surface area contributed by atoms with E-state index in [1.165, 1.54) is 5.56 Å². The molecule has 0 aliphatic carbocycles. The lowest BCUT2D eigenvalue weighted by Crippen LogP contribution is -2.39. The quantitative estimate of drug-likeness (QED) is 0.481. The van der Waals surface area contributed by atoms with Crippen molar-refractivity contribution >= 4 is 5.91 Å². The Morgan fingerprint density at radius 1 is 1.00 bits per heavy atom. The zero-order valence-corrected chi connectivity index (χ0v) is 18.7. The van der Waals surface area contributed by atoms with Crippen LogP contribution in [0.5, 0.6) is 5.88 Å². The Hall–Kier alpha value is -3.29. The predicted octanol–water partition coefficient (Wildman–Crippen LogP) is 3.47. The number of nitrogens with one attached hydrogen (secondary N) is 1. The molecule has 7 heteroatoms. The maximum Gasteiger partial charge on any atom is 0.251 e. The number of aromatic nitrogens is 2. The van der Waals surface area contributed by atoms with Gasteiger partial charge in [-0.1, -0.05) is 36.4 Å². The smallest absolute Gasteiger partial charge is 0.251 e. The normalized spacial score (nSPS) is 14.7. The molecule has 1 amide bonds. The molecule has 0 saturated carbocycles. The minimum absolute atomic E-state index is 0.130. The first-order valence-electron chi connectivity index (χ1n) is 11.4. The van der Waals surface area contributed by atoms with Crippen LogP contribution in [0.3, 0.4) is 0 Å². The van der Waals surface area contributed by atoms with E-state index in [2.05, 4.69) is 32.3 Å². The topological polar surface area (TPSA) is 76.6 Å². The number of rotatable bonds is 10. The molecule has 3 aromatic rings. The minimum Gasteiger partial charge on any atom is -0.474 e. The first kappa shape index (κ1) is 22.9. The van der Waals surface area contributed by atoms with E-state index < -0.39 is 0 Å². The molecule has 1 aliphatic rings. The van der Waals surface area contributed by atoms with Gasteiger partial charge in [-0.15, -0.1) is 0 Å². The minimum atomic E-state index is -0.130. The third-order valence-electron chi connectivity index (χ3n) is 5.68. The van der Waals surface area contributed by atoms with E-state index in [4.69, 9.17) is 9.47 Å². The highest BCUT2D eigenvalue weighted by atomic mass is 16.5. The van der Waals surface area contributed by atoms with E-state index >= 15 is 0 Å². The molecule has 0 spiro atoms. The maximum absolute atomic E-state index is 12.1. The molecule has 0 bridgehead atoms. The van der Waals surface area contributed by atoms with Crippen LogP contribution in [0, 0.1) is 0 Å². The van der Waals surface area contributed by atoms with Crippen molar-refractivity contribution in [3.63, 3.8) is 0 Å². The highest BCUT2D eigenvalue weighted by Gasteiger charge is 2.20. The fraction of sp³-hybridized carbons (Fsp3) is 0.346. The van der Waals surface area contributed by atoms with E-state index in [1.807, 2.05) is 30.3 Å². The van der Waals surface area contributed by atoms with Gasteiger partial charge in [-0.2, -0.15) is 0 Å². The Kier molecular flexibility index (Phi) is 8.38. The van der Waals surface area contributed by atoms with Gasteiger partial charge in [-0.25, -0.2) is 4.98 Å². The Morgan fingerprint density at radius 3 is 2.52 bits per heavy atom. The molecule has 1 aromatic carbocycles. The lowest BCUT2D eigenvalue weighted by atomic mass is 10.1. The van der Waals surface area contributed by atoms with Crippen molar-refractivity contribution < 1.29 is 14.3 Å². The highest BCUT2D eigenvalue weighted by Crippen LogP contribution is 2.17. The summed E-state index contributed by atoms with van der Waals surface area (Å²) < 4.78 is 11.9. The van der Waals surface area contributed by atoms with Gasteiger partial charge in [0.1, 0.15) is 6.10 Å². The second-order valence-electron chi connectivity index (χ2n) is 8.12. The Bertz CT molecular complexity index is 975. The van der Waals surface area contributed by atoms with Crippen molar-refractivity contribution in [3.05, 3.63) is 89.9 Å². The van der Waals surface area contributed by atoms with Gasteiger partial charge in [0.25, 0.3) is 5.91 Å². The molecule has 1 N–H and O–H groups in total. The Labute approximate surface area is 194 Å². The van der Waals surface area contributed by atoms with Crippen LogP contribution < -0.4 is 10.1 Å². The Balaban J connectivity index is 1.12. The number of hydrogen-bond donors (Lipinski definition) is 1. The summed E-state index contributed by atoms with van der Waals surface area (Å²) in [5.74, 6) is 0.499. The molecule has 1 aliphatic heterocycles. The van der Waals surface area contributed by atoms with Gasteiger partial charge in [0.15, 0.2) is 0 Å². The van der Waals surface area contributed by atoms with Gasteiger partial charge in [0.05, 0.1) is 13.2 Å². The zero-order chi connectivity index (χ0) is 22.7. The summed E-state index contributed by atoms with van der Waals surface area (Å²) in [5.41, 5.74) is 2.72. The molecule has 0 radical (unpaired) electrons. The van der Waals surface area contributed by atoms with Crippen LogP contribution in [-0.4, -0.2) is 53.1 Å². The highest BCUT2D eigenvalue weighted by molar-refractivity contribution is 5.93. The summed E-state index contributed by atoms with van der Waals surface area (Å²) in [7, 11) is 0. The number of amides is 1. The first-order chi connectivity index (χ1) is 16.3. The van der Waals surface area contributed by atoms with E-state index in [1.54, 1.807) is 30.7 Å². The summed E-state index contributed by atoms with van der Waals surface area (Å²) in [5, 5.41) is 2.89. The molecular weight excluding hydrogens is 416 g/mol. The SMILES string of the molecule is O=C(NCc1ccc(OC2CCN(CCOCc3ccccc3)CC2)nc1)c1ccncc1. The molecule has 1 saturated heterocycles. The van der Waals surface area contributed by atoms with E-state index in [9.17, 15) is 4.79 Å². The van der Waals surface area contributed by atoms with Crippen LogP contribution in [0.1, 0.15) is 34.3 Å². The van der Waals surface area contributed by atoms with Crippen molar-refractivity contribution in [2.75, 3.05) is 26.2 Å². The predicted molar refractivity (Wildman–Crippen MR) is 126 cm³/mol. The van der Waals surface area contributed by atoms with Gasteiger partial charge < -0.3 is 19.7 Å². The largest absolute Gasteiger partial charge is 0.474 e. The summed E-state index contributed by atoms with van der Waals surface area (Å²) >= 11 is 0. The molecule has 3 heterocycles. The average Bonchev–Trinajstić information content (AvgIpc) is 2.88. The van der Waals surface area contributed by atoms with Gasteiger partial charge >= 0.3 is 0 Å². The fourth-order valence-corrected chi connectivity index (χ4v) is 3.75. The monoisotopic (exact) mass is 446 g/mol. The summed E-state index contributed by atoms with van der Waals surface area (Å²) in [6.45, 7) is 4.75. The second-order valence-corrected chi connectivity index (χ2v) is 8.12. The second kappa shape index (κ2) is 12.1. The molecule has 0 atom stereocenters. The summed E-state index contributed by atoms with van der Waals surface area (Å²) in [6, 6.07) is 17.4. The van der Waals surface area contributed by atoms with Gasteiger partial charge in [-0.05, 0) is 36.1 Å². The molecule has 4 rings (SSSR count). The lowest BCUT2D eigenvalue weighted by molar-refractivity contribution is 0.0585. The average molecular weight is 447 g/mol. The third kappa shape index (κ3) is 7.37. The number of pyridine rings is 2. The zero-order valence-electron chi connectivity index (χ0n) is 18.7. The van der Waals surface area contributed by atoms with Crippen molar-refractivity contribution in [3.8, 4) is 5.88 Å². The van der Waals surface area contributed by atoms with Gasteiger partial charge in [0, 0.05) is 56.4 Å². The number of benzene rings is 1. The van der Waals surface area contributed by atoms with Crippen molar-refractivity contribution in [1.82, 2.24) is 20.2 Å². The van der Waals surface area contributed by atoms with Crippen LogP contribution >= 0.6 is 0 Å². The molecule has 7 nitrogen and oxygen atoms in total. The molecule has 0 unspecified atom stereocenters. The van der Waals surface area contributed by atoms with E-state index in [-0.39, 0.29) is 12.0 Å². The summed E-state index contributed by atoms with van der Waals surface area (Å²) in [6.07, 6.45) is 7.09. The molecule has 2 aromatic heterocycles. The van der Waals surface area contributed by atoms with Crippen molar-refractivity contribution in [1.29, 1.82) is 0 Å². The number of piperidine rings is 1. The van der Waals surface area contributed by atoms with Gasteiger partial charge in [0.2, 0.25) is 5.88 Å². The first-order valence-corrected chi connectivity index (χ1v) is 11.4. The molecule has 1 fully saturated rings. The van der Waals surface area contributed by atoms with Crippen LogP contribution in [0.25, 0.3) is 0 Å². The van der Waals surface area contributed by atoms with E-state index in [0.29, 0.717) is 24.6 Å². The number of likely N-dealkylation sites (tertiary alicyclic amines) is 1.